The van der Waals surface area contributed by atoms with Gasteiger partial charge in [0.05, 0.1) is 24.3 Å². The molecule has 0 spiro atoms. The van der Waals surface area contributed by atoms with E-state index in [2.05, 4.69) is 0 Å². The zero-order chi connectivity index (χ0) is 14.3. The fourth-order valence-electron chi connectivity index (χ4n) is 1.91. The van der Waals surface area contributed by atoms with Crippen LogP contribution < -0.4 is 16.2 Å². The maximum absolute atomic E-state index is 12.2. The number of ketones is 1. The Morgan fingerprint density at radius 1 is 1.42 bits per heavy atom. The fraction of sp³-hybridized carbons (Fsp3) is 0.429. The molecule has 1 aromatic carbocycles. The van der Waals surface area contributed by atoms with Crippen LogP contribution in [-0.2, 0) is 0 Å². The molecule has 5 heteroatoms. The van der Waals surface area contributed by atoms with Crippen LogP contribution in [0.3, 0.4) is 0 Å². The van der Waals surface area contributed by atoms with Crippen molar-refractivity contribution < 1.29 is 14.3 Å². The van der Waals surface area contributed by atoms with Crippen LogP contribution in [0.1, 0.15) is 40.0 Å². The molecular weight excluding hydrogens is 244 g/mol. The zero-order valence-corrected chi connectivity index (χ0v) is 11.1. The lowest BCUT2D eigenvalue weighted by atomic mass is 9.97. The molecule has 104 valence electrons. The summed E-state index contributed by atoms with van der Waals surface area (Å²) in [6, 6.07) is 4.27. The van der Waals surface area contributed by atoms with Crippen LogP contribution in [0, 0.1) is 0 Å². The van der Waals surface area contributed by atoms with Crippen LogP contribution in [0.15, 0.2) is 18.2 Å². The lowest BCUT2D eigenvalue weighted by Crippen LogP contribution is -2.31. The summed E-state index contributed by atoms with van der Waals surface area (Å²) in [5.74, 6) is 0.0781. The molecule has 4 N–H and O–H groups in total. The van der Waals surface area contributed by atoms with Crippen molar-refractivity contribution in [2.75, 3.05) is 13.7 Å². The van der Waals surface area contributed by atoms with Gasteiger partial charge in [0.2, 0.25) is 0 Å². The highest BCUT2D eigenvalue weighted by Gasteiger charge is 2.20. The molecule has 0 amide bonds. The number of methoxy groups -OCH3 is 1. The number of nitrogens with two attached hydrogens (primary N) is 2. The Bertz CT molecular complexity index is 446. The summed E-state index contributed by atoms with van der Waals surface area (Å²) < 4.78 is 5.14. The summed E-state index contributed by atoms with van der Waals surface area (Å²) in [5.41, 5.74) is 12.0. The van der Waals surface area contributed by atoms with Gasteiger partial charge in [-0.3, -0.25) is 9.59 Å². The van der Waals surface area contributed by atoms with Gasteiger partial charge in [0.1, 0.15) is 5.75 Å². The second kappa shape index (κ2) is 7.66. The third-order valence-corrected chi connectivity index (χ3v) is 2.95. The second-order valence-corrected chi connectivity index (χ2v) is 4.30. The van der Waals surface area contributed by atoms with Crippen molar-refractivity contribution >= 4 is 12.1 Å². The van der Waals surface area contributed by atoms with Crippen LogP contribution >= 0.6 is 0 Å². The van der Waals surface area contributed by atoms with Gasteiger partial charge in [0.15, 0.2) is 12.1 Å². The van der Waals surface area contributed by atoms with Gasteiger partial charge < -0.3 is 16.2 Å². The maximum Gasteiger partial charge on any atom is 0.183 e. The zero-order valence-electron chi connectivity index (χ0n) is 11.1. The van der Waals surface area contributed by atoms with Crippen molar-refractivity contribution in [2.45, 2.75) is 25.3 Å². The topological polar surface area (TPSA) is 95.4 Å². The number of carbonyl (C=O) groups is 2. The Hall–Kier alpha value is -1.72. The molecule has 1 rings (SSSR count). The second-order valence-electron chi connectivity index (χ2n) is 4.30. The van der Waals surface area contributed by atoms with Crippen molar-refractivity contribution in [3.63, 3.8) is 0 Å². The normalized spacial score (nSPS) is 11.9. The van der Waals surface area contributed by atoms with E-state index in [0.29, 0.717) is 30.4 Å². The number of para-hydroxylation sites is 1. The van der Waals surface area contributed by atoms with E-state index in [9.17, 15) is 9.59 Å². The van der Waals surface area contributed by atoms with E-state index in [-0.39, 0.29) is 11.5 Å². The van der Waals surface area contributed by atoms with Crippen molar-refractivity contribution in [1.82, 2.24) is 0 Å². The SMILES string of the molecule is COc1c(C=O)cccc1C(=O)[C@H](N)CCCCN. The average molecular weight is 264 g/mol. The van der Waals surface area contributed by atoms with E-state index in [1.54, 1.807) is 18.2 Å². The van der Waals surface area contributed by atoms with E-state index in [0.717, 1.165) is 12.8 Å². The van der Waals surface area contributed by atoms with Crippen molar-refractivity contribution in [3.8, 4) is 5.75 Å². The summed E-state index contributed by atoms with van der Waals surface area (Å²) in [6.07, 6.45) is 2.88. The van der Waals surface area contributed by atoms with Gasteiger partial charge >= 0.3 is 0 Å². The first-order valence-electron chi connectivity index (χ1n) is 6.27. The number of hydrogen-bond donors (Lipinski definition) is 2. The third-order valence-electron chi connectivity index (χ3n) is 2.95. The number of aldehydes is 1. The predicted molar refractivity (Wildman–Crippen MR) is 73.6 cm³/mol. The molecule has 0 unspecified atom stereocenters. The molecule has 0 saturated heterocycles. The van der Waals surface area contributed by atoms with E-state index < -0.39 is 6.04 Å². The number of hydrogen-bond acceptors (Lipinski definition) is 5. The molecule has 0 aliphatic heterocycles. The minimum absolute atomic E-state index is 0.211. The molecule has 0 fully saturated rings. The molecule has 1 aromatic rings. The number of carbonyl (C=O) groups excluding carboxylic acids is 2. The highest BCUT2D eigenvalue weighted by molar-refractivity contribution is 6.04. The maximum atomic E-state index is 12.2. The molecule has 0 radical (unpaired) electrons. The largest absolute Gasteiger partial charge is 0.495 e. The van der Waals surface area contributed by atoms with Crippen LogP contribution in [0.25, 0.3) is 0 Å². The fourth-order valence-corrected chi connectivity index (χ4v) is 1.91. The highest BCUT2D eigenvalue weighted by Crippen LogP contribution is 2.24. The lowest BCUT2D eigenvalue weighted by molar-refractivity contribution is 0.0953. The van der Waals surface area contributed by atoms with Crippen LogP contribution in [0.5, 0.6) is 5.75 Å². The monoisotopic (exact) mass is 264 g/mol. The smallest absolute Gasteiger partial charge is 0.183 e. The third kappa shape index (κ3) is 3.87. The summed E-state index contributed by atoms with van der Waals surface area (Å²) >= 11 is 0. The minimum atomic E-state index is -0.595. The molecule has 0 heterocycles. The van der Waals surface area contributed by atoms with Crippen LogP contribution in [0.4, 0.5) is 0 Å². The Morgan fingerprint density at radius 3 is 2.74 bits per heavy atom. The molecule has 0 saturated carbocycles. The molecule has 0 bridgehead atoms. The first-order valence-corrected chi connectivity index (χ1v) is 6.27. The van der Waals surface area contributed by atoms with Crippen LogP contribution in [-0.4, -0.2) is 31.8 Å². The van der Waals surface area contributed by atoms with Gasteiger partial charge in [-0.2, -0.15) is 0 Å². The Kier molecular flexibility index (Phi) is 6.18. The molecule has 1 atom stereocenters. The molecule has 19 heavy (non-hydrogen) atoms. The van der Waals surface area contributed by atoms with Gasteiger partial charge in [-0.15, -0.1) is 0 Å². The lowest BCUT2D eigenvalue weighted by Gasteiger charge is -2.14. The molecule has 0 aliphatic rings. The molecule has 5 nitrogen and oxygen atoms in total. The number of Topliss-reactive ketones (excluding diaryl/α,β-unsaturated/α-hetero) is 1. The van der Waals surface area contributed by atoms with E-state index >= 15 is 0 Å². The quantitative estimate of drug-likeness (QED) is 0.417. The predicted octanol–water partition coefficient (Wildman–Crippen LogP) is 1.15. The summed E-state index contributed by atoms with van der Waals surface area (Å²) in [6.45, 7) is 0.588. The Labute approximate surface area is 112 Å². The number of benzene rings is 1. The molecular formula is C14H20N2O3. The van der Waals surface area contributed by atoms with E-state index in [1.165, 1.54) is 7.11 Å². The van der Waals surface area contributed by atoms with Crippen molar-refractivity contribution in [3.05, 3.63) is 29.3 Å². The number of rotatable bonds is 8. The van der Waals surface area contributed by atoms with E-state index in [4.69, 9.17) is 16.2 Å². The first kappa shape index (κ1) is 15.3. The summed E-state index contributed by atoms with van der Waals surface area (Å²) in [7, 11) is 1.43. The number of ether oxygens (including phenoxy) is 1. The number of unbranched alkanes of at least 4 members (excludes halogenated alkanes) is 1. The summed E-state index contributed by atoms with van der Waals surface area (Å²) in [4.78, 5) is 23.1. The minimum Gasteiger partial charge on any atom is -0.495 e. The Morgan fingerprint density at radius 2 is 2.16 bits per heavy atom. The van der Waals surface area contributed by atoms with Gasteiger partial charge in [-0.05, 0) is 31.5 Å². The van der Waals surface area contributed by atoms with Gasteiger partial charge in [0, 0.05) is 0 Å². The van der Waals surface area contributed by atoms with Crippen LogP contribution in [0.2, 0.25) is 0 Å². The van der Waals surface area contributed by atoms with Gasteiger partial charge in [-0.1, -0.05) is 12.5 Å². The molecule has 0 aromatic heterocycles. The Balaban J connectivity index is 2.89. The standard InChI is InChI=1S/C14H20N2O3/c1-19-14-10(9-17)5-4-6-11(14)13(18)12(16)7-2-3-8-15/h4-6,9,12H,2-3,7-8,15-16H2,1H3/t12-/m1/s1. The van der Waals surface area contributed by atoms with Crippen molar-refractivity contribution in [1.29, 1.82) is 0 Å². The van der Waals surface area contributed by atoms with Crippen molar-refractivity contribution in [2.24, 2.45) is 11.5 Å². The first-order chi connectivity index (χ1) is 9.15. The molecule has 0 aliphatic carbocycles. The van der Waals surface area contributed by atoms with Gasteiger partial charge in [-0.25, -0.2) is 0 Å². The highest BCUT2D eigenvalue weighted by atomic mass is 16.5. The summed E-state index contributed by atoms with van der Waals surface area (Å²) in [5, 5.41) is 0. The van der Waals surface area contributed by atoms with E-state index in [1.807, 2.05) is 0 Å². The average Bonchev–Trinajstić information content (AvgIpc) is 2.45. The van der Waals surface area contributed by atoms with Gasteiger partial charge in [0.25, 0.3) is 0 Å².